The number of nitrogens with one attached hydrogen (secondary N) is 1. The number of carbonyl (C=O) groups is 1. The van der Waals surface area contributed by atoms with Crippen molar-refractivity contribution in [2.45, 2.75) is 12.5 Å². The quantitative estimate of drug-likeness (QED) is 0.896. The predicted octanol–water partition coefficient (Wildman–Crippen LogP) is 2.58. The highest BCUT2D eigenvalue weighted by Gasteiger charge is 2.20. The van der Waals surface area contributed by atoms with Gasteiger partial charge in [-0.15, -0.1) is 0 Å². The summed E-state index contributed by atoms with van der Waals surface area (Å²) in [5.74, 6) is 0.718. The predicted molar refractivity (Wildman–Crippen MR) is 71.2 cm³/mol. The van der Waals surface area contributed by atoms with Gasteiger partial charge < -0.3 is 15.5 Å². The fourth-order valence-corrected chi connectivity index (χ4v) is 2.42. The van der Waals surface area contributed by atoms with Crippen molar-refractivity contribution in [2.24, 2.45) is 5.73 Å². The molecule has 0 fully saturated rings. The van der Waals surface area contributed by atoms with E-state index in [0.29, 0.717) is 16.9 Å². The van der Waals surface area contributed by atoms with E-state index in [9.17, 15) is 4.79 Å². The highest BCUT2D eigenvalue weighted by molar-refractivity contribution is 9.10. The summed E-state index contributed by atoms with van der Waals surface area (Å²) in [6.07, 6.45) is 0.414. The van der Waals surface area contributed by atoms with E-state index in [2.05, 4.69) is 21.2 Å². The first-order chi connectivity index (χ1) is 8.63. The van der Waals surface area contributed by atoms with Crippen LogP contribution in [-0.2, 0) is 11.2 Å². The SMILES string of the molecule is NC(c1ccc2c(c1)CC(=O)N2)c1ccc(Br)o1. The van der Waals surface area contributed by atoms with Crippen molar-refractivity contribution >= 4 is 27.5 Å². The lowest BCUT2D eigenvalue weighted by Gasteiger charge is -2.10. The van der Waals surface area contributed by atoms with Gasteiger partial charge >= 0.3 is 0 Å². The van der Waals surface area contributed by atoms with Gasteiger partial charge in [-0.2, -0.15) is 0 Å². The first-order valence-corrected chi connectivity index (χ1v) is 6.36. The molecule has 0 radical (unpaired) electrons. The van der Waals surface area contributed by atoms with Crippen LogP contribution in [0.5, 0.6) is 0 Å². The third kappa shape index (κ3) is 1.95. The van der Waals surface area contributed by atoms with Crippen molar-refractivity contribution in [3.05, 3.63) is 51.9 Å². The number of halogens is 1. The maximum Gasteiger partial charge on any atom is 0.228 e. The van der Waals surface area contributed by atoms with Crippen molar-refractivity contribution < 1.29 is 9.21 Å². The highest BCUT2D eigenvalue weighted by Crippen LogP contribution is 2.29. The van der Waals surface area contributed by atoms with Gasteiger partial charge in [-0.25, -0.2) is 0 Å². The molecule has 3 N–H and O–H groups in total. The molecule has 4 nitrogen and oxygen atoms in total. The smallest absolute Gasteiger partial charge is 0.228 e. The molecule has 1 aromatic carbocycles. The third-order valence-corrected chi connectivity index (χ3v) is 3.44. The highest BCUT2D eigenvalue weighted by atomic mass is 79.9. The zero-order valence-electron chi connectivity index (χ0n) is 9.44. The molecule has 0 spiro atoms. The van der Waals surface area contributed by atoms with Crippen LogP contribution in [0.2, 0.25) is 0 Å². The minimum atomic E-state index is -0.322. The molecule has 2 heterocycles. The van der Waals surface area contributed by atoms with Gasteiger partial charge in [0.05, 0.1) is 12.5 Å². The molecule has 0 aliphatic carbocycles. The van der Waals surface area contributed by atoms with Crippen molar-refractivity contribution in [3.8, 4) is 0 Å². The number of rotatable bonds is 2. The topological polar surface area (TPSA) is 68.3 Å². The van der Waals surface area contributed by atoms with Gasteiger partial charge in [-0.1, -0.05) is 12.1 Å². The number of hydrogen-bond donors (Lipinski definition) is 2. The van der Waals surface area contributed by atoms with Crippen LogP contribution in [0, 0.1) is 0 Å². The average Bonchev–Trinajstić information content (AvgIpc) is 2.92. The molecular weight excluding hydrogens is 296 g/mol. The fraction of sp³-hybridized carbons (Fsp3) is 0.154. The molecule has 1 amide bonds. The number of anilines is 1. The summed E-state index contributed by atoms with van der Waals surface area (Å²) in [5, 5.41) is 2.80. The Morgan fingerprint density at radius 3 is 2.89 bits per heavy atom. The van der Waals surface area contributed by atoms with Crippen molar-refractivity contribution in [2.75, 3.05) is 5.32 Å². The van der Waals surface area contributed by atoms with Crippen LogP contribution < -0.4 is 11.1 Å². The van der Waals surface area contributed by atoms with E-state index < -0.39 is 0 Å². The second-order valence-corrected chi connectivity index (χ2v) is 5.04. The zero-order chi connectivity index (χ0) is 12.7. The van der Waals surface area contributed by atoms with Gasteiger partial charge in [0.1, 0.15) is 5.76 Å². The first kappa shape index (κ1) is 11.5. The summed E-state index contributed by atoms with van der Waals surface area (Å²) in [6, 6.07) is 9.07. The van der Waals surface area contributed by atoms with Gasteiger partial charge in [0.25, 0.3) is 0 Å². The van der Waals surface area contributed by atoms with Crippen molar-refractivity contribution in [3.63, 3.8) is 0 Å². The summed E-state index contributed by atoms with van der Waals surface area (Å²) in [7, 11) is 0. The third-order valence-electron chi connectivity index (χ3n) is 3.01. The van der Waals surface area contributed by atoms with Gasteiger partial charge in [0.15, 0.2) is 4.67 Å². The molecule has 1 atom stereocenters. The number of furan rings is 1. The molecule has 5 heteroatoms. The second kappa shape index (κ2) is 4.26. The van der Waals surface area contributed by atoms with E-state index in [4.69, 9.17) is 10.2 Å². The number of amides is 1. The minimum Gasteiger partial charge on any atom is -0.452 e. The number of carbonyl (C=O) groups excluding carboxylic acids is 1. The molecule has 0 saturated carbocycles. The summed E-state index contributed by atoms with van der Waals surface area (Å²) in [6.45, 7) is 0. The Hall–Kier alpha value is -1.59. The normalized spacial score (nSPS) is 15.3. The van der Waals surface area contributed by atoms with Crippen LogP contribution >= 0.6 is 15.9 Å². The van der Waals surface area contributed by atoms with Crippen LogP contribution in [0.1, 0.15) is 22.9 Å². The van der Waals surface area contributed by atoms with Crippen LogP contribution in [0.15, 0.2) is 39.4 Å². The Labute approximate surface area is 112 Å². The molecule has 1 unspecified atom stereocenters. The number of nitrogens with two attached hydrogens (primary N) is 1. The number of hydrogen-bond acceptors (Lipinski definition) is 3. The maximum absolute atomic E-state index is 11.3. The standard InChI is InChI=1S/C13H11BrN2O2/c14-11-4-3-10(18-11)13(15)7-1-2-9-8(5-7)6-12(17)16-9/h1-5,13H,6,15H2,(H,16,17). The van der Waals surface area contributed by atoms with Gasteiger partial charge in [0, 0.05) is 5.69 Å². The number of fused-ring (bicyclic) bond motifs is 1. The zero-order valence-corrected chi connectivity index (χ0v) is 11.0. The fourth-order valence-electron chi connectivity index (χ4n) is 2.10. The summed E-state index contributed by atoms with van der Waals surface area (Å²) in [4.78, 5) is 11.3. The van der Waals surface area contributed by atoms with E-state index in [1.807, 2.05) is 30.3 Å². The molecule has 1 aliphatic heterocycles. The van der Waals surface area contributed by atoms with Crippen molar-refractivity contribution in [1.82, 2.24) is 0 Å². The Balaban J connectivity index is 1.94. The molecular formula is C13H11BrN2O2. The Morgan fingerprint density at radius 1 is 1.33 bits per heavy atom. The van der Waals surface area contributed by atoms with Crippen LogP contribution in [0.4, 0.5) is 5.69 Å². The first-order valence-electron chi connectivity index (χ1n) is 5.57. The average molecular weight is 307 g/mol. The van der Waals surface area contributed by atoms with E-state index >= 15 is 0 Å². The lowest BCUT2D eigenvalue weighted by atomic mass is 10.0. The Kier molecular flexibility index (Phi) is 2.72. The molecule has 1 aliphatic rings. The van der Waals surface area contributed by atoms with E-state index in [-0.39, 0.29) is 11.9 Å². The molecule has 0 saturated heterocycles. The molecule has 3 rings (SSSR count). The minimum absolute atomic E-state index is 0.0245. The van der Waals surface area contributed by atoms with Crippen molar-refractivity contribution in [1.29, 1.82) is 0 Å². The van der Waals surface area contributed by atoms with Gasteiger partial charge in [-0.05, 0) is 45.3 Å². The lowest BCUT2D eigenvalue weighted by Crippen LogP contribution is -2.11. The van der Waals surface area contributed by atoms with E-state index in [1.165, 1.54) is 0 Å². The lowest BCUT2D eigenvalue weighted by molar-refractivity contribution is -0.115. The van der Waals surface area contributed by atoms with Crippen LogP contribution in [-0.4, -0.2) is 5.91 Å². The van der Waals surface area contributed by atoms with Gasteiger partial charge in [-0.3, -0.25) is 4.79 Å². The number of benzene rings is 1. The van der Waals surface area contributed by atoms with Gasteiger partial charge in [0.2, 0.25) is 5.91 Å². The molecule has 2 aromatic rings. The molecule has 92 valence electrons. The Morgan fingerprint density at radius 2 is 2.17 bits per heavy atom. The van der Waals surface area contributed by atoms with E-state index in [1.54, 1.807) is 0 Å². The van der Waals surface area contributed by atoms with Crippen LogP contribution in [0.25, 0.3) is 0 Å². The maximum atomic E-state index is 11.3. The Bertz CT molecular complexity index is 621. The van der Waals surface area contributed by atoms with E-state index in [0.717, 1.165) is 16.8 Å². The summed E-state index contributed by atoms with van der Waals surface area (Å²) < 4.78 is 6.11. The molecule has 18 heavy (non-hydrogen) atoms. The summed E-state index contributed by atoms with van der Waals surface area (Å²) >= 11 is 3.25. The molecule has 1 aromatic heterocycles. The largest absolute Gasteiger partial charge is 0.452 e. The summed E-state index contributed by atoms with van der Waals surface area (Å²) in [5.41, 5.74) is 8.93. The van der Waals surface area contributed by atoms with Crippen LogP contribution in [0.3, 0.4) is 0 Å². The monoisotopic (exact) mass is 306 g/mol. The second-order valence-electron chi connectivity index (χ2n) is 4.26. The molecule has 0 bridgehead atoms.